The van der Waals surface area contributed by atoms with Crippen LogP contribution in [0.4, 0.5) is 0 Å². The predicted molar refractivity (Wildman–Crippen MR) is 272 cm³/mol. The maximum atomic E-state index is 6.68. The van der Waals surface area contributed by atoms with Crippen molar-refractivity contribution in [1.29, 1.82) is 0 Å². The Morgan fingerprint density at radius 2 is 1.28 bits per heavy atom. The smallest absolute Gasteiger partial charge is 0.181 e. The van der Waals surface area contributed by atoms with Gasteiger partial charge in [0, 0.05) is 60.8 Å². The summed E-state index contributed by atoms with van der Waals surface area (Å²) in [6.45, 7) is 20.4. The van der Waals surface area contributed by atoms with E-state index < -0.39 is 0 Å². The van der Waals surface area contributed by atoms with Crippen molar-refractivity contribution in [2.24, 2.45) is 0 Å². The number of aryl methyl sites for hydroxylation is 2. The van der Waals surface area contributed by atoms with Gasteiger partial charge in [-0.3, -0.25) is 9.13 Å². The number of hydrogen-bond acceptors (Lipinski definition) is 3. The van der Waals surface area contributed by atoms with Crippen LogP contribution < -0.4 is 0 Å². The number of rotatable bonds is 4. The second-order valence-corrected chi connectivity index (χ2v) is 20.2. The average molecular weight is 846 g/mol. The van der Waals surface area contributed by atoms with E-state index in [4.69, 9.17) is 14.4 Å². The molecule has 0 saturated heterocycles. The summed E-state index contributed by atoms with van der Waals surface area (Å²) in [5.74, 6) is 1.67. The van der Waals surface area contributed by atoms with Crippen LogP contribution in [0.3, 0.4) is 0 Å². The number of benzene rings is 7. The fraction of sp³-hybridized carbons (Fsp3) is 0.186. The topological polar surface area (TPSA) is 64.6 Å². The van der Waals surface area contributed by atoms with E-state index in [9.17, 15) is 0 Å². The molecule has 12 aromatic rings. The Kier molecular flexibility index (Phi) is 8.31. The molecule has 5 heterocycles. The van der Waals surface area contributed by atoms with Gasteiger partial charge in [-0.25, -0.2) is 9.97 Å². The molecule has 5 aromatic heterocycles. The van der Waals surface area contributed by atoms with E-state index in [0.717, 1.165) is 94.4 Å². The zero-order chi connectivity index (χ0) is 44.7. The third-order valence-electron chi connectivity index (χ3n) is 14.0. The summed E-state index contributed by atoms with van der Waals surface area (Å²) < 4.78 is 11.4. The first kappa shape index (κ1) is 39.2. The number of nitrogens with one attached hydrogen (secondary N) is 1. The molecule has 318 valence electrons. The molecule has 0 radical (unpaired) electrons. The normalized spacial score (nSPS) is 12.7. The lowest BCUT2D eigenvalue weighted by Gasteiger charge is -2.21. The molecule has 0 aliphatic rings. The highest BCUT2D eigenvalue weighted by atomic mass is 16.3. The Morgan fingerprint density at radius 1 is 0.538 bits per heavy atom. The molecule has 0 fully saturated rings. The molecule has 12 rings (SSSR count). The van der Waals surface area contributed by atoms with Gasteiger partial charge < -0.3 is 9.40 Å². The van der Waals surface area contributed by atoms with Crippen LogP contribution in [0, 0.1) is 20.8 Å². The summed E-state index contributed by atoms with van der Waals surface area (Å²) in [5.41, 5.74) is 18.5. The number of pyridine rings is 1. The summed E-state index contributed by atoms with van der Waals surface area (Å²) >= 11 is 0. The van der Waals surface area contributed by atoms with Gasteiger partial charge in [-0.1, -0.05) is 108 Å². The molecule has 65 heavy (non-hydrogen) atoms. The quantitative estimate of drug-likeness (QED) is 0.192. The highest BCUT2D eigenvalue weighted by Gasteiger charge is 2.27. The second-order valence-electron chi connectivity index (χ2n) is 20.2. The number of fused-ring (bicyclic) bond motifs is 10. The van der Waals surface area contributed by atoms with Crippen molar-refractivity contribution >= 4 is 76.6 Å². The maximum Gasteiger partial charge on any atom is 0.181 e. The van der Waals surface area contributed by atoms with Crippen molar-refractivity contribution < 1.29 is 4.42 Å². The van der Waals surface area contributed by atoms with E-state index in [2.05, 4.69) is 198 Å². The monoisotopic (exact) mass is 845 g/mol. The van der Waals surface area contributed by atoms with Crippen LogP contribution in [-0.4, -0.2) is 24.1 Å². The van der Waals surface area contributed by atoms with Crippen molar-refractivity contribution in [2.45, 2.75) is 73.1 Å². The SMILES string of the molecule is Cc1cc(-n2c(-c3cccc4c3[nH]c3ccccc34)nc3c(-c4ccc5c6cc(C(C)(C)C)ccc6n(-c6nccc7c6oc6ccccc67)c5c4)cc(C(C)(C)C)cc32)cc(C)c1C. The number of H-pyrrole nitrogens is 1. The lowest BCUT2D eigenvalue weighted by Crippen LogP contribution is -2.11. The minimum Gasteiger partial charge on any atom is -0.452 e. The molecule has 7 aromatic carbocycles. The van der Waals surface area contributed by atoms with Gasteiger partial charge in [0.2, 0.25) is 0 Å². The van der Waals surface area contributed by atoms with E-state index in [0.29, 0.717) is 0 Å². The van der Waals surface area contributed by atoms with Crippen LogP contribution in [0.1, 0.15) is 69.4 Å². The van der Waals surface area contributed by atoms with Crippen molar-refractivity contribution in [3.8, 4) is 34.0 Å². The summed E-state index contributed by atoms with van der Waals surface area (Å²) in [6.07, 6.45) is 1.91. The standard InChI is InChI=1S/C59H51N5O/c1-33-27-39(28-34(2)35(33)3)63-51-32-38(59(7,8)9)31-46(54(51)62-56(63)45-18-14-17-43-40-15-10-12-19-48(40)61-53(43)45)36-21-23-41-47-30-37(58(4,5)6)22-24-49(47)64(50(41)29-36)57-55-44(25-26-60-57)42-16-11-13-20-52(42)65-55/h10-32,61H,1-9H3. The molecule has 0 saturated carbocycles. The van der Waals surface area contributed by atoms with E-state index in [-0.39, 0.29) is 10.8 Å². The average Bonchev–Trinajstić information content (AvgIpc) is 4.06. The van der Waals surface area contributed by atoms with Crippen molar-refractivity contribution in [3.05, 3.63) is 167 Å². The second kappa shape index (κ2) is 13.8. The molecular weight excluding hydrogens is 795 g/mol. The molecule has 0 amide bonds. The minimum atomic E-state index is -0.155. The van der Waals surface area contributed by atoms with Gasteiger partial charge in [-0.15, -0.1) is 0 Å². The Hall–Kier alpha value is -7.44. The molecule has 0 bridgehead atoms. The fourth-order valence-electron chi connectivity index (χ4n) is 10.2. The molecule has 6 heteroatoms. The number of para-hydroxylation sites is 3. The lowest BCUT2D eigenvalue weighted by molar-refractivity contribution is 0.591. The predicted octanol–water partition coefficient (Wildman–Crippen LogP) is 15.9. The molecule has 6 nitrogen and oxygen atoms in total. The van der Waals surface area contributed by atoms with Gasteiger partial charge in [0.1, 0.15) is 11.4 Å². The first-order chi connectivity index (χ1) is 31.2. The van der Waals surface area contributed by atoms with Gasteiger partial charge in [0.15, 0.2) is 11.4 Å². The zero-order valence-electron chi connectivity index (χ0n) is 38.5. The number of hydrogen-bond donors (Lipinski definition) is 1. The summed E-state index contributed by atoms with van der Waals surface area (Å²) in [5, 5.41) is 6.87. The highest BCUT2D eigenvalue weighted by molar-refractivity contribution is 6.14. The molecule has 1 N–H and O–H groups in total. The first-order valence-corrected chi connectivity index (χ1v) is 22.7. The van der Waals surface area contributed by atoms with Gasteiger partial charge in [-0.05, 0) is 132 Å². The van der Waals surface area contributed by atoms with E-state index in [1.165, 1.54) is 44.0 Å². The van der Waals surface area contributed by atoms with Gasteiger partial charge >= 0.3 is 0 Å². The number of furan rings is 1. The molecule has 0 aliphatic carbocycles. The van der Waals surface area contributed by atoms with Gasteiger partial charge in [0.25, 0.3) is 0 Å². The lowest BCUT2D eigenvalue weighted by atomic mass is 9.84. The number of nitrogens with zero attached hydrogens (tertiary/aromatic N) is 4. The van der Waals surface area contributed by atoms with Crippen molar-refractivity contribution in [1.82, 2.24) is 24.1 Å². The van der Waals surface area contributed by atoms with Gasteiger partial charge in [-0.2, -0.15) is 0 Å². The summed E-state index contributed by atoms with van der Waals surface area (Å²) in [6, 6.07) is 48.8. The van der Waals surface area contributed by atoms with Crippen molar-refractivity contribution in [2.75, 3.05) is 0 Å². The van der Waals surface area contributed by atoms with Crippen LogP contribution in [-0.2, 0) is 10.8 Å². The number of imidazole rings is 1. The van der Waals surface area contributed by atoms with Crippen LogP contribution in [0.5, 0.6) is 0 Å². The molecule has 0 atom stereocenters. The number of aromatic amines is 1. The molecule has 0 aliphatic heterocycles. The van der Waals surface area contributed by atoms with E-state index in [1.54, 1.807) is 0 Å². The number of aromatic nitrogens is 5. The Balaban J connectivity index is 1.19. The van der Waals surface area contributed by atoms with Crippen molar-refractivity contribution in [3.63, 3.8) is 0 Å². The Morgan fingerprint density at radius 3 is 2.06 bits per heavy atom. The maximum absolute atomic E-state index is 6.68. The van der Waals surface area contributed by atoms with Gasteiger partial charge in [0.05, 0.1) is 27.6 Å². The fourth-order valence-corrected chi connectivity index (χ4v) is 10.2. The molecule has 0 spiro atoms. The highest BCUT2D eigenvalue weighted by Crippen LogP contribution is 2.44. The summed E-state index contributed by atoms with van der Waals surface area (Å²) in [7, 11) is 0. The minimum absolute atomic E-state index is 0.0270. The third-order valence-corrected chi connectivity index (χ3v) is 14.0. The van der Waals surface area contributed by atoms with Crippen LogP contribution in [0.2, 0.25) is 0 Å². The largest absolute Gasteiger partial charge is 0.452 e. The third kappa shape index (κ3) is 5.93. The molecular formula is C59H51N5O. The van der Waals surface area contributed by atoms with E-state index >= 15 is 0 Å². The summed E-state index contributed by atoms with van der Waals surface area (Å²) in [4.78, 5) is 14.7. The van der Waals surface area contributed by atoms with Crippen LogP contribution in [0.25, 0.3) is 111 Å². The van der Waals surface area contributed by atoms with Crippen LogP contribution >= 0.6 is 0 Å². The zero-order valence-corrected chi connectivity index (χ0v) is 38.5. The Bertz CT molecular complexity index is 3930. The van der Waals surface area contributed by atoms with E-state index in [1.807, 2.05) is 18.3 Å². The molecule has 0 unspecified atom stereocenters. The first-order valence-electron chi connectivity index (χ1n) is 22.7. The van der Waals surface area contributed by atoms with Crippen LogP contribution in [0.15, 0.2) is 144 Å². The Labute approximate surface area is 378 Å².